The van der Waals surface area contributed by atoms with Crippen molar-refractivity contribution in [1.82, 2.24) is 0 Å². The maximum Gasteiger partial charge on any atom is 0.0295 e. The van der Waals surface area contributed by atoms with Gasteiger partial charge in [0.2, 0.25) is 0 Å². The van der Waals surface area contributed by atoms with Crippen LogP contribution in [-0.4, -0.2) is 0 Å². The summed E-state index contributed by atoms with van der Waals surface area (Å²) in [6.45, 7) is 6.56. The van der Waals surface area contributed by atoms with Gasteiger partial charge in [0, 0.05) is 4.47 Å². The van der Waals surface area contributed by atoms with Crippen molar-refractivity contribution in [3.63, 3.8) is 0 Å². The van der Waals surface area contributed by atoms with Crippen LogP contribution in [0.5, 0.6) is 0 Å². The molecule has 0 heterocycles. The number of allylic oxidation sites excluding steroid dienone is 1. The van der Waals surface area contributed by atoms with E-state index in [0.29, 0.717) is 0 Å². The summed E-state index contributed by atoms with van der Waals surface area (Å²) >= 11 is 3.82. The molecule has 0 unspecified atom stereocenters. The second kappa shape index (κ2) is 4.64. The van der Waals surface area contributed by atoms with Crippen LogP contribution < -0.4 is 0 Å². The van der Waals surface area contributed by atoms with E-state index in [-0.39, 0.29) is 0 Å². The Hall–Kier alpha value is -1.34. The van der Waals surface area contributed by atoms with Crippen LogP contribution in [0.2, 0.25) is 0 Å². The Morgan fingerprint density at radius 2 is 1.68 bits per heavy atom. The fraction of sp³-hybridized carbons (Fsp3) is 0.222. The molecule has 0 spiro atoms. The Labute approximate surface area is 123 Å². The van der Waals surface area contributed by atoms with E-state index in [9.17, 15) is 0 Å². The number of hydrogen-bond acceptors (Lipinski definition) is 0. The maximum absolute atomic E-state index is 3.82. The summed E-state index contributed by atoms with van der Waals surface area (Å²) in [7, 11) is 0. The first-order chi connectivity index (χ1) is 9.08. The second-order valence-corrected chi connectivity index (χ2v) is 6.17. The molecule has 2 aromatic rings. The lowest BCUT2D eigenvalue weighted by molar-refractivity contribution is 1.27. The third kappa shape index (κ3) is 2.06. The van der Waals surface area contributed by atoms with Crippen molar-refractivity contribution in [2.24, 2.45) is 0 Å². The minimum Gasteiger partial charge on any atom is -0.0795 e. The zero-order chi connectivity index (χ0) is 13.6. The molecule has 1 aliphatic carbocycles. The standard InChI is InChI=1S/C18H17Br/c1-11-9-12(2)17(13(3)10-11)16-8-7-14-5-4-6-15(14)18(16)19/h4-5,7-10H,6H2,1-3H3. The van der Waals surface area contributed by atoms with E-state index in [4.69, 9.17) is 0 Å². The summed E-state index contributed by atoms with van der Waals surface area (Å²) in [6.07, 6.45) is 5.47. The largest absolute Gasteiger partial charge is 0.0795 e. The van der Waals surface area contributed by atoms with Crippen molar-refractivity contribution in [2.45, 2.75) is 27.2 Å². The van der Waals surface area contributed by atoms with E-state index >= 15 is 0 Å². The normalized spacial score (nSPS) is 12.8. The van der Waals surface area contributed by atoms with Gasteiger partial charge in [0.05, 0.1) is 0 Å². The average molecular weight is 313 g/mol. The molecule has 96 valence electrons. The Balaban J connectivity index is 2.25. The number of halogens is 1. The van der Waals surface area contributed by atoms with Crippen LogP contribution in [0.25, 0.3) is 17.2 Å². The number of hydrogen-bond donors (Lipinski definition) is 0. The zero-order valence-electron chi connectivity index (χ0n) is 11.5. The van der Waals surface area contributed by atoms with Gasteiger partial charge in [-0.15, -0.1) is 0 Å². The molecule has 0 aromatic heterocycles. The molecule has 0 saturated heterocycles. The molecule has 1 aliphatic rings. The average Bonchev–Trinajstić information content (AvgIpc) is 2.79. The first-order valence-electron chi connectivity index (χ1n) is 6.64. The summed E-state index contributed by atoms with van der Waals surface area (Å²) in [5.74, 6) is 0. The first-order valence-corrected chi connectivity index (χ1v) is 7.43. The van der Waals surface area contributed by atoms with Crippen LogP contribution in [0.3, 0.4) is 0 Å². The number of rotatable bonds is 1. The highest BCUT2D eigenvalue weighted by atomic mass is 79.9. The molecular formula is C18H17Br. The SMILES string of the molecule is Cc1cc(C)c(-c2ccc3c(c2Br)CC=C3)c(C)c1. The molecule has 0 fully saturated rings. The number of aryl methyl sites for hydroxylation is 3. The lowest BCUT2D eigenvalue weighted by Gasteiger charge is -2.15. The molecule has 0 amide bonds. The molecule has 1 heteroatoms. The van der Waals surface area contributed by atoms with Crippen LogP contribution >= 0.6 is 15.9 Å². The topological polar surface area (TPSA) is 0 Å². The summed E-state index contributed by atoms with van der Waals surface area (Å²) in [5.41, 5.74) is 9.48. The minimum absolute atomic E-state index is 1.04. The molecule has 0 nitrogen and oxygen atoms in total. The van der Waals surface area contributed by atoms with Crippen LogP contribution in [0.1, 0.15) is 27.8 Å². The van der Waals surface area contributed by atoms with E-state index < -0.39 is 0 Å². The molecule has 0 saturated carbocycles. The highest BCUT2D eigenvalue weighted by Gasteiger charge is 2.16. The smallest absolute Gasteiger partial charge is 0.0295 e. The fourth-order valence-electron chi connectivity index (χ4n) is 3.10. The molecule has 2 aromatic carbocycles. The Morgan fingerprint density at radius 3 is 2.37 bits per heavy atom. The number of fused-ring (bicyclic) bond motifs is 1. The van der Waals surface area contributed by atoms with Crippen molar-refractivity contribution in [1.29, 1.82) is 0 Å². The van der Waals surface area contributed by atoms with E-state index in [1.165, 1.54) is 43.4 Å². The predicted molar refractivity (Wildman–Crippen MR) is 86.5 cm³/mol. The van der Waals surface area contributed by atoms with Gasteiger partial charge in [-0.1, -0.05) is 42.0 Å². The zero-order valence-corrected chi connectivity index (χ0v) is 13.1. The summed E-state index contributed by atoms with van der Waals surface area (Å²) in [4.78, 5) is 0. The first kappa shape index (κ1) is 12.7. The highest BCUT2D eigenvalue weighted by Crippen LogP contribution is 2.39. The quantitative estimate of drug-likeness (QED) is 0.642. The predicted octanol–water partition coefficient (Wildman–Crippen LogP) is 5.61. The molecule has 19 heavy (non-hydrogen) atoms. The van der Waals surface area contributed by atoms with Crippen molar-refractivity contribution in [2.75, 3.05) is 0 Å². The molecule has 0 radical (unpaired) electrons. The lowest BCUT2D eigenvalue weighted by Crippen LogP contribution is -1.94. The van der Waals surface area contributed by atoms with Gasteiger partial charge in [-0.3, -0.25) is 0 Å². The molecule has 0 atom stereocenters. The summed E-state index contributed by atoms with van der Waals surface area (Å²) in [5, 5.41) is 0. The maximum atomic E-state index is 3.82. The molecule has 3 rings (SSSR count). The van der Waals surface area contributed by atoms with Gasteiger partial charge >= 0.3 is 0 Å². The molecule has 0 aliphatic heterocycles. The van der Waals surface area contributed by atoms with Crippen molar-refractivity contribution < 1.29 is 0 Å². The van der Waals surface area contributed by atoms with Crippen LogP contribution in [-0.2, 0) is 6.42 Å². The van der Waals surface area contributed by atoms with E-state index in [2.05, 4.69) is 73.1 Å². The number of benzene rings is 2. The van der Waals surface area contributed by atoms with E-state index in [1.54, 1.807) is 0 Å². The van der Waals surface area contributed by atoms with Crippen molar-refractivity contribution >= 4 is 22.0 Å². The van der Waals surface area contributed by atoms with Gasteiger partial charge in [-0.05, 0) is 76.5 Å². The van der Waals surface area contributed by atoms with Crippen molar-refractivity contribution in [3.05, 3.63) is 62.6 Å². The fourth-order valence-corrected chi connectivity index (χ4v) is 3.82. The third-order valence-corrected chi connectivity index (χ3v) is 4.75. The molecular weight excluding hydrogens is 296 g/mol. The third-order valence-electron chi connectivity index (χ3n) is 3.85. The molecule has 0 bridgehead atoms. The molecule has 0 N–H and O–H groups in total. The second-order valence-electron chi connectivity index (χ2n) is 5.38. The highest BCUT2D eigenvalue weighted by molar-refractivity contribution is 9.10. The van der Waals surface area contributed by atoms with Gasteiger partial charge in [0.25, 0.3) is 0 Å². The van der Waals surface area contributed by atoms with Gasteiger partial charge < -0.3 is 0 Å². The Kier molecular flexibility index (Phi) is 3.10. The van der Waals surface area contributed by atoms with Gasteiger partial charge in [0.15, 0.2) is 0 Å². The lowest BCUT2D eigenvalue weighted by atomic mass is 9.92. The van der Waals surface area contributed by atoms with Gasteiger partial charge in [-0.2, -0.15) is 0 Å². The van der Waals surface area contributed by atoms with Crippen molar-refractivity contribution in [3.8, 4) is 11.1 Å². The van der Waals surface area contributed by atoms with Gasteiger partial charge in [-0.25, -0.2) is 0 Å². The van der Waals surface area contributed by atoms with Crippen LogP contribution in [0, 0.1) is 20.8 Å². The Bertz CT molecular complexity index is 670. The minimum atomic E-state index is 1.04. The van der Waals surface area contributed by atoms with Crippen LogP contribution in [0.15, 0.2) is 34.8 Å². The summed E-state index contributed by atoms with van der Waals surface area (Å²) in [6, 6.07) is 9.00. The van der Waals surface area contributed by atoms with E-state index in [1.807, 2.05) is 0 Å². The van der Waals surface area contributed by atoms with E-state index in [0.717, 1.165) is 6.42 Å². The van der Waals surface area contributed by atoms with Gasteiger partial charge in [0.1, 0.15) is 0 Å². The summed E-state index contributed by atoms with van der Waals surface area (Å²) < 4.78 is 1.25. The monoisotopic (exact) mass is 312 g/mol. The Morgan fingerprint density at radius 1 is 1.00 bits per heavy atom. The van der Waals surface area contributed by atoms with Crippen LogP contribution in [0.4, 0.5) is 0 Å².